The Morgan fingerprint density at radius 3 is 2.71 bits per heavy atom. The number of rotatable bonds is 4. The van der Waals surface area contributed by atoms with Crippen molar-refractivity contribution < 1.29 is 9.59 Å². The van der Waals surface area contributed by atoms with Gasteiger partial charge in [-0.1, -0.05) is 12.1 Å². The standard InChI is InChI=1S/C17H22BrN3O2S/c18-13-4-1-2-5-14(13)19-16(22)12-21-7-3-6-15(21)17(23)20-8-10-24-11-9-20/h1-2,4-5,15H,3,6-12H2,(H,19,22). The van der Waals surface area contributed by atoms with Gasteiger partial charge in [0.05, 0.1) is 18.3 Å². The highest BCUT2D eigenvalue weighted by Gasteiger charge is 2.35. The van der Waals surface area contributed by atoms with Crippen molar-refractivity contribution in [3.05, 3.63) is 28.7 Å². The van der Waals surface area contributed by atoms with E-state index in [2.05, 4.69) is 21.2 Å². The average Bonchev–Trinajstić information content (AvgIpc) is 3.05. The van der Waals surface area contributed by atoms with E-state index in [0.717, 1.165) is 54.1 Å². The van der Waals surface area contributed by atoms with Crippen molar-refractivity contribution in [3.63, 3.8) is 0 Å². The fourth-order valence-corrected chi connectivity index (χ4v) is 4.51. The van der Waals surface area contributed by atoms with Gasteiger partial charge in [-0.3, -0.25) is 14.5 Å². The molecule has 1 aromatic rings. The number of nitrogens with zero attached hydrogens (tertiary/aromatic N) is 2. The summed E-state index contributed by atoms with van der Waals surface area (Å²) in [5.41, 5.74) is 0.762. The maximum atomic E-state index is 12.7. The van der Waals surface area contributed by atoms with Crippen molar-refractivity contribution in [3.8, 4) is 0 Å². The van der Waals surface area contributed by atoms with Gasteiger partial charge in [0.2, 0.25) is 11.8 Å². The Morgan fingerprint density at radius 2 is 1.96 bits per heavy atom. The number of benzene rings is 1. The Labute approximate surface area is 155 Å². The molecule has 0 aromatic heterocycles. The first kappa shape index (κ1) is 17.8. The third-order valence-electron chi connectivity index (χ3n) is 4.47. The predicted molar refractivity (Wildman–Crippen MR) is 101 cm³/mol. The van der Waals surface area contributed by atoms with Crippen LogP contribution in [0.4, 0.5) is 5.69 Å². The second kappa shape index (κ2) is 8.36. The molecule has 1 N–H and O–H groups in total. The van der Waals surface area contributed by atoms with Gasteiger partial charge in [-0.2, -0.15) is 11.8 Å². The van der Waals surface area contributed by atoms with Crippen molar-refractivity contribution in [1.29, 1.82) is 0 Å². The number of carbonyl (C=O) groups excluding carboxylic acids is 2. The second-order valence-corrected chi connectivity index (χ2v) is 8.17. The van der Waals surface area contributed by atoms with Crippen LogP contribution in [0.15, 0.2) is 28.7 Å². The Morgan fingerprint density at radius 1 is 1.21 bits per heavy atom. The quantitative estimate of drug-likeness (QED) is 0.826. The van der Waals surface area contributed by atoms with Crippen LogP contribution in [0.1, 0.15) is 12.8 Å². The Kier molecular flexibility index (Phi) is 6.19. The molecule has 5 nitrogen and oxygen atoms in total. The molecule has 0 radical (unpaired) electrons. The van der Waals surface area contributed by atoms with E-state index >= 15 is 0 Å². The van der Waals surface area contributed by atoms with Crippen molar-refractivity contribution in [2.24, 2.45) is 0 Å². The number of hydrogen-bond donors (Lipinski definition) is 1. The lowest BCUT2D eigenvalue weighted by atomic mass is 10.2. The van der Waals surface area contributed by atoms with Gasteiger partial charge in [0.25, 0.3) is 0 Å². The number of hydrogen-bond acceptors (Lipinski definition) is 4. The first-order valence-corrected chi connectivity index (χ1v) is 10.2. The topological polar surface area (TPSA) is 52.7 Å². The molecule has 2 heterocycles. The summed E-state index contributed by atoms with van der Waals surface area (Å²) in [4.78, 5) is 29.1. The molecular weight excluding hydrogens is 390 g/mol. The summed E-state index contributed by atoms with van der Waals surface area (Å²) in [7, 11) is 0. The summed E-state index contributed by atoms with van der Waals surface area (Å²) < 4.78 is 0.859. The fraction of sp³-hybridized carbons (Fsp3) is 0.529. The number of para-hydroxylation sites is 1. The molecule has 2 amide bonds. The molecule has 7 heteroatoms. The number of carbonyl (C=O) groups is 2. The van der Waals surface area contributed by atoms with Gasteiger partial charge in [0.1, 0.15) is 0 Å². The number of amides is 2. The molecule has 3 rings (SSSR count). The van der Waals surface area contributed by atoms with E-state index in [1.165, 1.54) is 0 Å². The summed E-state index contributed by atoms with van der Waals surface area (Å²) in [6, 6.07) is 7.41. The molecule has 0 aliphatic carbocycles. The fourth-order valence-electron chi connectivity index (χ4n) is 3.23. The highest BCUT2D eigenvalue weighted by Crippen LogP contribution is 2.23. The largest absolute Gasteiger partial charge is 0.340 e. The molecular formula is C17H22BrN3O2S. The van der Waals surface area contributed by atoms with Crippen LogP contribution in [0.3, 0.4) is 0 Å². The zero-order valence-electron chi connectivity index (χ0n) is 13.5. The molecule has 1 atom stereocenters. The van der Waals surface area contributed by atoms with Crippen molar-refractivity contribution in [2.75, 3.05) is 43.0 Å². The average molecular weight is 412 g/mol. The monoisotopic (exact) mass is 411 g/mol. The zero-order valence-corrected chi connectivity index (χ0v) is 15.9. The highest BCUT2D eigenvalue weighted by molar-refractivity contribution is 9.10. The number of anilines is 1. The molecule has 2 aliphatic rings. The number of halogens is 1. The summed E-state index contributed by atoms with van der Waals surface area (Å²) in [5.74, 6) is 2.15. The summed E-state index contributed by atoms with van der Waals surface area (Å²) in [5, 5.41) is 2.92. The van der Waals surface area contributed by atoms with Gasteiger partial charge in [-0.15, -0.1) is 0 Å². The smallest absolute Gasteiger partial charge is 0.239 e. The third kappa shape index (κ3) is 4.32. The van der Waals surface area contributed by atoms with Crippen molar-refractivity contribution in [1.82, 2.24) is 9.80 Å². The van der Waals surface area contributed by atoms with E-state index in [1.54, 1.807) is 0 Å². The maximum absolute atomic E-state index is 12.7. The second-order valence-electron chi connectivity index (χ2n) is 6.09. The van der Waals surface area contributed by atoms with Crippen LogP contribution >= 0.6 is 27.7 Å². The minimum Gasteiger partial charge on any atom is -0.340 e. The number of thioether (sulfide) groups is 1. The van der Waals surface area contributed by atoms with Gasteiger partial charge >= 0.3 is 0 Å². The predicted octanol–water partition coefficient (Wildman–Crippen LogP) is 2.43. The van der Waals surface area contributed by atoms with Crippen LogP contribution in [-0.4, -0.2) is 65.3 Å². The van der Waals surface area contributed by atoms with Crippen LogP contribution in [0, 0.1) is 0 Å². The molecule has 2 saturated heterocycles. The summed E-state index contributed by atoms with van der Waals surface area (Å²) >= 11 is 5.33. The van der Waals surface area contributed by atoms with E-state index in [1.807, 2.05) is 45.8 Å². The molecule has 0 spiro atoms. The lowest BCUT2D eigenvalue weighted by molar-refractivity contribution is -0.136. The van der Waals surface area contributed by atoms with Crippen molar-refractivity contribution >= 4 is 45.2 Å². The van der Waals surface area contributed by atoms with E-state index < -0.39 is 0 Å². The molecule has 1 unspecified atom stereocenters. The van der Waals surface area contributed by atoms with E-state index in [0.29, 0.717) is 0 Å². The Balaban J connectivity index is 1.58. The number of likely N-dealkylation sites (tertiary alicyclic amines) is 1. The first-order valence-electron chi connectivity index (χ1n) is 8.30. The molecule has 2 aliphatic heterocycles. The van der Waals surface area contributed by atoms with Gasteiger partial charge in [-0.25, -0.2) is 0 Å². The van der Waals surface area contributed by atoms with Crippen LogP contribution in [0.5, 0.6) is 0 Å². The zero-order chi connectivity index (χ0) is 16.9. The third-order valence-corrected chi connectivity index (χ3v) is 6.10. The van der Waals surface area contributed by atoms with Crippen LogP contribution in [0.2, 0.25) is 0 Å². The lowest BCUT2D eigenvalue weighted by Crippen LogP contribution is -2.49. The Hall–Kier alpha value is -1.05. The van der Waals surface area contributed by atoms with Gasteiger partial charge in [0.15, 0.2) is 0 Å². The molecule has 0 bridgehead atoms. The van der Waals surface area contributed by atoms with Gasteiger partial charge < -0.3 is 10.2 Å². The SMILES string of the molecule is O=C(CN1CCCC1C(=O)N1CCSCC1)Nc1ccccc1Br. The van der Waals surface area contributed by atoms with Crippen LogP contribution < -0.4 is 5.32 Å². The normalized spacial score (nSPS) is 21.7. The molecule has 1 aromatic carbocycles. The van der Waals surface area contributed by atoms with E-state index in [-0.39, 0.29) is 24.4 Å². The van der Waals surface area contributed by atoms with Crippen molar-refractivity contribution in [2.45, 2.75) is 18.9 Å². The molecule has 130 valence electrons. The number of nitrogens with one attached hydrogen (secondary N) is 1. The molecule has 2 fully saturated rings. The van der Waals surface area contributed by atoms with Gasteiger partial charge in [0, 0.05) is 29.1 Å². The minimum absolute atomic E-state index is 0.0733. The highest BCUT2D eigenvalue weighted by atomic mass is 79.9. The minimum atomic E-state index is -0.141. The van der Waals surface area contributed by atoms with Crippen LogP contribution in [-0.2, 0) is 9.59 Å². The maximum Gasteiger partial charge on any atom is 0.239 e. The molecule has 0 saturated carbocycles. The van der Waals surface area contributed by atoms with E-state index in [4.69, 9.17) is 0 Å². The Bertz CT molecular complexity index is 607. The lowest BCUT2D eigenvalue weighted by Gasteiger charge is -2.32. The van der Waals surface area contributed by atoms with Gasteiger partial charge in [-0.05, 0) is 47.4 Å². The van der Waals surface area contributed by atoms with Crippen LogP contribution in [0.25, 0.3) is 0 Å². The van der Waals surface area contributed by atoms with E-state index in [9.17, 15) is 9.59 Å². The summed E-state index contributed by atoms with van der Waals surface area (Å²) in [6.45, 7) is 2.73. The first-order chi connectivity index (χ1) is 11.6. The summed E-state index contributed by atoms with van der Waals surface area (Å²) in [6.07, 6.45) is 1.83. The molecule has 24 heavy (non-hydrogen) atoms.